The number of allylic oxidation sites excluding steroid dienone is 3. The number of benzene rings is 2. The lowest BCUT2D eigenvalue weighted by Crippen LogP contribution is -2.05. The van der Waals surface area contributed by atoms with Crippen LogP contribution in [0.4, 0.5) is 0 Å². The van der Waals surface area contributed by atoms with Crippen molar-refractivity contribution in [2.24, 2.45) is 0 Å². The average Bonchev–Trinajstić information content (AvgIpc) is 2.49. The summed E-state index contributed by atoms with van der Waals surface area (Å²) in [6, 6.07) is 21.4. The van der Waals surface area contributed by atoms with Crippen LogP contribution >= 0.6 is 0 Å². The first kappa shape index (κ1) is 13.7. The van der Waals surface area contributed by atoms with Gasteiger partial charge in [-0.3, -0.25) is 0 Å². The molecule has 2 rings (SSSR count). The Labute approximate surface area is 118 Å². The van der Waals surface area contributed by atoms with Crippen LogP contribution in [0.15, 0.2) is 93.6 Å². The van der Waals surface area contributed by atoms with Crippen molar-refractivity contribution in [2.45, 2.75) is 23.6 Å². The molecule has 2 aromatic carbocycles. The maximum Gasteiger partial charge on any atom is 0.166 e. The first-order chi connectivity index (χ1) is 9.36. The Morgan fingerprint density at radius 3 is 1.63 bits per heavy atom. The van der Waals surface area contributed by atoms with Gasteiger partial charge in [0.1, 0.15) is 0 Å². The fourth-order valence-corrected chi connectivity index (χ4v) is 4.15. The van der Waals surface area contributed by atoms with Crippen LogP contribution in [0.2, 0.25) is 0 Å². The highest BCUT2D eigenvalue weighted by molar-refractivity contribution is 8.00. The standard InChI is InChI=1S/C18H19S/c1-3-11-16(4-2)19(17-12-7-5-8-13-17)18-14-9-6-10-15-18/h3-15H,1-2H3/q+1/b11-3-,16-4+. The first-order valence-electron chi connectivity index (χ1n) is 6.50. The quantitative estimate of drug-likeness (QED) is 0.527. The second kappa shape index (κ2) is 7.01. The van der Waals surface area contributed by atoms with E-state index in [4.69, 9.17) is 0 Å². The normalized spacial score (nSPS) is 12.3. The van der Waals surface area contributed by atoms with Gasteiger partial charge in [0.05, 0.1) is 10.9 Å². The van der Waals surface area contributed by atoms with Crippen LogP contribution in [0.25, 0.3) is 0 Å². The van der Waals surface area contributed by atoms with Crippen LogP contribution in [-0.4, -0.2) is 0 Å². The van der Waals surface area contributed by atoms with E-state index in [1.54, 1.807) is 0 Å². The van der Waals surface area contributed by atoms with E-state index in [9.17, 15) is 0 Å². The highest BCUT2D eigenvalue weighted by Crippen LogP contribution is 2.30. The number of rotatable bonds is 4. The van der Waals surface area contributed by atoms with Gasteiger partial charge in [0.2, 0.25) is 0 Å². The minimum atomic E-state index is -0.0146. The Kier molecular flexibility index (Phi) is 5.05. The van der Waals surface area contributed by atoms with Gasteiger partial charge >= 0.3 is 0 Å². The minimum Gasteiger partial charge on any atom is -0.0827 e. The molecule has 0 saturated heterocycles. The van der Waals surface area contributed by atoms with Gasteiger partial charge < -0.3 is 0 Å². The second-order valence-electron chi connectivity index (χ2n) is 4.12. The molecule has 0 atom stereocenters. The average molecular weight is 267 g/mol. The minimum absolute atomic E-state index is 0.0146. The molecule has 0 radical (unpaired) electrons. The summed E-state index contributed by atoms with van der Waals surface area (Å²) in [5.41, 5.74) is 0. The summed E-state index contributed by atoms with van der Waals surface area (Å²) < 4.78 is 0. The van der Waals surface area contributed by atoms with E-state index >= 15 is 0 Å². The predicted octanol–water partition coefficient (Wildman–Crippen LogP) is 5.20. The molecule has 0 aliphatic carbocycles. The van der Waals surface area contributed by atoms with Gasteiger partial charge in [0.15, 0.2) is 14.7 Å². The molecule has 0 amide bonds. The monoisotopic (exact) mass is 267 g/mol. The molecule has 0 fully saturated rings. The zero-order valence-corrected chi connectivity index (χ0v) is 12.2. The van der Waals surface area contributed by atoms with E-state index in [1.165, 1.54) is 14.7 Å². The van der Waals surface area contributed by atoms with Crippen molar-refractivity contribution in [3.8, 4) is 0 Å². The molecule has 0 unspecified atom stereocenters. The Balaban J connectivity index is 2.51. The summed E-state index contributed by atoms with van der Waals surface area (Å²) in [7, 11) is -0.0146. The second-order valence-corrected chi connectivity index (χ2v) is 6.15. The molecule has 0 bridgehead atoms. The van der Waals surface area contributed by atoms with Crippen LogP contribution in [0.3, 0.4) is 0 Å². The lowest BCUT2D eigenvalue weighted by molar-refractivity contribution is 1.37. The molecular formula is C18H19S+. The fourth-order valence-electron chi connectivity index (χ4n) is 1.97. The van der Waals surface area contributed by atoms with E-state index in [-0.39, 0.29) is 10.9 Å². The van der Waals surface area contributed by atoms with Gasteiger partial charge in [0.25, 0.3) is 0 Å². The third-order valence-electron chi connectivity index (χ3n) is 2.81. The number of hydrogen-bond acceptors (Lipinski definition) is 0. The van der Waals surface area contributed by atoms with Crippen LogP contribution in [-0.2, 0) is 10.9 Å². The molecule has 0 N–H and O–H groups in total. The van der Waals surface area contributed by atoms with Crippen LogP contribution in [0.1, 0.15) is 13.8 Å². The molecule has 19 heavy (non-hydrogen) atoms. The van der Waals surface area contributed by atoms with Crippen molar-refractivity contribution in [2.75, 3.05) is 0 Å². The van der Waals surface area contributed by atoms with Crippen molar-refractivity contribution < 1.29 is 0 Å². The van der Waals surface area contributed by atoms with Crippen molar-refractivity contribution in [1.29, 1.82) is 0 Å². The van der Waals surface area contributed by atoms with Crippen LogP contribution < -0.4 is 0 Å². The molecule has 0 aliphatic rings. The third-order valence-corrected chi connectivity index (χ3v) is 5.14. The molecule has 0 aliphatic heterocycles. The van der Waals surface area contributed by atoms with E-state index in [0.29, 0.717) is 0 Å². The SMILES string of the molecule is C/C=C\C(=C/C)[S+](c1ccccc1)c1ccccc1. The largest absolute Gasteiger partial charge is 0.166 e. The Bertz CT molecular complexity index is 513. The lowest BCUT2D eigenvalue weighted by atomic mass is 10.4. The summed E-state index contributed by atoms with van der Waals surface area (Å²) in [5, 5.41) is 0. The fraction of sp³-hybridized carbons (Fsp3) is 0.111. The Hall–Kier alpha value is -1.73. The van der Waals surface area contributed by atoms with E-state index < -0.39 is 0 Å². The molecule has 0 spiro atoms. The van der Waals surface area contributed by atoms with Gasteiger partial charge in [-0.25, -0.2) is 0 Å². The molecular weight excluding hydrogens is 248 g/mol. The summed E-state index contributed by atoms with van der Waals surface area (Å²) in [5.74, 6) is 0. The predicted molar refractivity (Wildman–Crippen MR) is 85.4 cm³/mol. The van der Waals surface area contributed by atoms with Gasteiger partial charge in [-0.1, -0.05) is 42.5 Å². The maximum absolute atomic E-state index is 2.21. The summed E-state index contributed by atoms with van der Waals surface area (Å²) in [6.07, 6.45) is 6.54. The molecule has 2 aromatic rings. The first-order valence-corrected chi connectivity index (χ1v) is 7.72. The highest BCUT2D eigenvalue weighted by atomic mass is 32.2. The lowest BCUT2D eigenvalue weighted by Gasteiger charge is -2.08. The molecule has 96 valence electrons. The topological polar surface area (TPSA) is 0 Å². The Morgan fingerprint density at radius 2 is 1.26 bits per heavy atom. The van der Waals surface area contributed by atoms with E-state index in [0.717, 1.165) is 0 Å². The zero-order valence-electron chi connectivity index (χ0n) is 11.4. The van der Waals surface area contributed by atoms with Gasteiger partial charge in [-0.15, -0.1) is 0 Å². The summed E-state index contributed by atoms with van der Waals surface area (Å²) in [6.45, 7) is 4.18. The van der Waals surface area contributed by atoms with Gasteiger partial charge in [-0.05, 0) is 50.3 Å². The van der Waals surface area contributed by atoms with E-state index in [1.807, 2.05) is 0 Å². The van der Waals surface area contributed by atoms with Crippen molar-refractivity contribution in [3.63, 3.8) is 0 Å². The van der Waals surface area contributed by atoms with Crippen LogP contribution in [0.5, 0.6) is 0 Å². The smallest absolute Gasteiger partial charge is 0.0827 e. The molecule has 1 heteroatoms. The van der Waals surface area contributed by atoms with Crippen LogP contribution in [0, 0.1) is 0 Å². The molecule has 0 saturated carbocycles. The number of hydrogen-bond donors (Lipinski definition) is 0. The highest BCUT2D eigenvalue weighted by Gasteiger charge is 2.28. The van der Waals surface area contributed by atoms with Crippen molar-refractivity contribution >= 4 is 10.9 Å². The maximum atomic E-state index is 2.21. The Morgan fingerprint density at radius 1 is 0.789 bits per heavy atom. The van der Waals surface area contributed by atoms with Crippen molar-refractivity contribution in [1.82, 2.24) is 0 Å². The molecule has 0 heterocycles. The summed E-state index contributed by atoms with van der Waals surface area (Å²) >= 11 is 0. The summed E-state index contributed by atoms with van der Waals surface area (Å²) in [4.78, 5) is 4.08. The van der Waals surface area contributed by atoms with Gasteiger partial charge in [0, 0.05) is 0 Å². The zero-order chi connectivity index (χ0) is 13.5. The van der Waals surface area contributed by atoms with Gasteiger partial charge in [-0.2, -0.15) is 0 Å². The molecule has 0 aromatic heterocycles. The van der Waals surface area contributed by atoms with E-state index in [2.05, 4.69) is 92.7 Å². The third kappa shape index (κ3) is 3.39. The molecule has 0 nitrogen and oxygen atoms in total. The van der Waals surface area contributed by atoms with Crippen molar-refractivity contribution in [3.05, 3.63) is 83.8 Å².